The van der Waals surface area contributed by atoms with E-state index in [1.54, 1.807) is 23.0 Å². The van der Waals surface area contributed by atoms with Gasteiger partial charge in [0.15, 0.2) is 5.82 Å². The Balaban J connectivity index is 1.96. The van der Waals surface area contributed by atoms with Crippen LogP contribution >= 0.6 is 0 Å². The number of halogens is 1. The lowest BCUT2D eigenvalue weighted by Gasteiger charge is -2.11. The van der Waals surface area contributed by atoms with Crippen LogP contribution in [0.15, 0.2) is 30.6 Å². The molecule has 5 nitrogen and oxygen atoms in total. The second kappa shape index (κ2) is 4.47. The Morgan fingerprint density at radius 3 is 3.06 bits per heavy atom. The highest BCUT2D eigenvalue weighted by atomic mass is 19.1. The van der Waals surface area contributed by atoms with Gasteiger partial charge in [-0.15, -0.1) is 10.2 Å². The average molecular weight is 248 g/mol. The third kappa shape index (κ3) is 2.00. The van der Waals surface area contributed by atoms with Crippen molar-refractivity contribution >= 4 is 0 Å². The predicted molar refractivity (Wildman–Crippen MR) is 62.7 cm³/mol. The number of β-amino-alcohol motifs (C(OH)–C–C–N with tert-alkyl or cyclic N) is 1. The van der Waals surface area contributed by atoms with Crippen LogP contribution in [0.4, 0.5) is 4.39 Å². The molecule has 18 heavy (non-hydrogen) atoms. The summed E-state index contributed by atoms with van der Waals surface area (Å²) in [7, 11) is 0. The molecule has 0 amide bonds. The highest BCUT2D eigenvalue weighted by molar-refractivity contribution is 5.33. The summed E-state index contributed by atoms with van der Waals surface area (Å²) < 4.78 is 15.0. The molecular weight excluding hydrogens is 235 g/mol. The van der Waals surface area contributed by atoms with Crippen molar-refractivity contribution in [1.29, 1.82) is 0 Å². The van der Waals surface area contributed by atoms with Gasteiger partial charge in [0, 0.05) is 6.54 Å². The van der Waals surface area contributed by atoms with Crippen molar-refractivity contribution in [3.8, 4) is 5.69 Å². The van der Waals surface area contributed by atoms with Crippen molar-refractivity contribution in [1.82, 2.24) is 20.1 Å². The van der Waals surface area contributed by atoms with E-state index in [9.17, 15) is 9.50 Å². The van der Waals surface area contributed by atoms with E-state index >= 15 is 0 Å². The number of rotatable bonds is 2. The molecule has 0 radical (unpaired) electrons. The Bertz CT molecular complexity index is 557. The van der Waals surface area contributed by atoms with Crippen LogP contribution in [0.1, 0.15) is 18.3 Å². The van der Waals surface area contributed by atoms with Crippen molar-refractivity contribution < 1.29 is 9.50 Å². The van der Waals surface area contributed by atoms with Gasteiger partial charge in [-0.05, 0) is 24.6 Å². The van der Waals surface area contributed by atoms with Crippen molar-refractivity contribution in [2.24, 2.45) is 0 Å². The van der Waals surface area contributed by atoms with Crippen LogP contribution in [0.5, 0.6) is 0 Å². The van der Waals surface area contributed by atoms with Crippen LogP contribution in [0, 0.1) is 5.82 Å². The number of aliphatic hydroxyl groups is 1. The molecule has 1 fully saturated rings. The highest BCUT2D eigenvalue weighted by Crippen LogP contribution is 2.23. The van der Waals surface area contributed by atoms with E-state index in [0.717, 1.165) is 0 Å². The molecule has 2 atom stereocenters. The van der Waals surface area contributed by atoms with Gasteiger partial charge in [0.05, 0.1) is 17.8 Å². The second-order valence-corrected chi connectivity index (χ2v) is 4.39. The van der Waals surface area contributed by atoms with Gasteiger partial charge in [-0.1, -0.05) is 6.07 Å². The van der Waals surface area contributed by atoms with Gasteiger partial charge >= 0.3 is 0 Å². The number of hydrogen-bond acceptors (Lipinski definition) is 4. The first-order valence-electron chi connectivity index (χ1n) is 5.81. The van der Waals surface area contributed by atoms with E-state index in [-0.39, 0.29) is 18.0 Å². The fraction of sp³-hybridized carbons (Fsp3) is 0.333. The number of aromatic nitrogens is 3. The molecule has 1 aromatic heterocycles. The fourth-order valence-corrected chi connectivity index (χ4v) is 2.22. The minimum absolute atomic E-state index is 0.0502. The van der Waals surface area contributed by atoms with Crippen LogP contribution in [0.2, 0.25) is 0 Å². The molecular formula is C12H13FN4O. The number of aliphatic hydroxyl groups excluding tert-OH is 1. The summed E-state index contributed by atoms with van der Waals surface area (Å²) in [5.41, 5.74) is 0.679. The molecule has 1 aliphatic rings. The molecule has 1 saturated heterocycles. The zero-order valence-corrected chi connectivity index (χ0v) is 9.62. The lowest BCUT2D eigenvalue weighted by molar-refractivity contribution is 0.193. The van der Waals surface area contributed by atoms with Gasteiger partial charge in [0.2, 0.25) is 0 Å². The van der Waals surface area contributed by atoms with Crippen molar-refractivity contribution in [3.63, 3.8) is 0 Å². The largest absolute Gasteiger partial charge is 0.392 e. The third-order valence-corrected chi connectivity index (χ3v) is 3.08. The molecule has 0 aliphatic carbocycles. The topological polar surface area (TPSA) is 63.0 Å². The van der Waals surface area contributed by atoms with Crippen molar-refractivity contribution in [3.05, 3.63) is 42.2 Å². The summed E-state index contributed by atoms with van der Waals surface area (Å²) in [6, 6.07) is 6.21. The Kier molecular flexibility index (Phi) is 2.81. The van der Waals surface area contributed by atoms with Crippen LogP contribution in [-0.2, 0) is 0 Å². The van der Waals surface area contributed by atoms with Crippen LogP contribution in [0.3, 0.4) is 0 Å². The molecule has 0 bridgehead atoms. The van der Waals surface area contributed by atoms with Crippen LogP contribution in [0.25, 0.3) is 5.69 Å². The average Bonchev–Trinajstić information content (AvgIpc) is 2.96. The van der Waals surface area contributed by atoms with E-state index in [0.29, 0.717) is 24.5 Å². The van der Waals surface area contributed by atoms with Gasteiger partial charge in [0.25, 0.3) is 0 Å². The Hall–Kier alpha value is -1.79. The molecule has 0 saturated carbocycles. The lowest BCUT2D eigenvalue weighted by Crippen LogP contribution is -2.18. The molecule has 0 spiro atoms. The maximum atomic E-state index is 13.2. The maximum absolute atomic E-state index is 13.2. The third-order valence-electron chi connectivity index (χ3n) is 3.08. The maximum Gasteiger partial charge on any atom is 0.154 e. The molecule has 94 valence electrons. The van der Waals surface area contributed by atoms with Crippen LogP contribution in [-0.4, -0.2) is 32.5 Å². The smallest absolute Gasteiger partial charge is 0.154 e. The second-order valence-electron chi connectivity index (χ2n) is 4.39. The molecule has 2 unspecified atom stereocenters. The monoisotopic (exact) mass is 248 g/mol. The minimum atomic E-state index is -0.368. The van der Waals surface area contributed by atoms with Crippen molar-refractivity contribution in [2.45, 2.75) is 18.6 Å². The molecule has 1 aromatic carbocycles. The summed E-state index contributed by atoms with van der Waals surface area (Å²) in [4.78, 5) is 0. The van der Waals surface area contributed by atoms with E-state index < -0.39 is 0 Å². The van der Waals surface area contributed by atoms with Gasteiger partial charge in [-0.25, -0.2) is 4.39 Å². The summed E-state index contributed by atoms with van der Waals surface area (Å²) in [6.45, 7) is 0.542. The van der Waals surface area contributed by atoms with Crippen molar-refractivity contribution in [2.75, 3.05) is 6.54 Å². The van der Waals surface area contributed by atoms with Crippen LogP contribution < -0.4 is 5.32 Å². The number of hydrogen-bond donors (Lipinski definition) is 2. The Labute approximate surface area is 103 Å². The summed E-state index contributed by atoms with van der Waals surface area (Å²) in [5, 5.41) is 20.6. The zero-order chi connectivity index (χ0) is 12.5. The van der Waals surface area contributed by atoms with Gasteiger partial charge in [0.1, 0.15) is 12.1 Å². The zero-order valence-electron chi connectivity index (χ0n) is 9.62. The summed E-state index contributed by atoms with van der Waals surface area (Å²) >= 11 is 0. The van der Waals surface area contributed by atoms with Gasteiger partial charge in [-0.2, -0.15) is 0 Å². The highest BCUT2D eigenvalue weighted by Gasteiger charge is 2.27. The molecule has 2 heterocycles. The summed E-state index contributed by atoms with van der Waals surface area (Å²) in [5.74, 6) is 0.392. The molecule has 3 rings (SSSR count). The SMILES string of the molecule is OC1CNC(c2nncn2-c2cccc(F)c2)C1. The van der Waals surface area contributed by atoms with Gasteiger partial charge < -0.3 is 10.4 Å². The lowest BCUT2D eigenvalue weighted by atomic mass is 10.2. The number of nitrogens with zero attached hydrogens (tertiary/aromatic N) is 3. The van der Waals surface area contributed by atoms with E-state index in [1.165, 1.54) is 12.1 Å². The minimum Gasteiger partial charge on any atom is -0.392 e. The first-order valence-corrected chi connectivity index (χ1v) is 5.81. The van der Waals surface area contributed by atoms with E-state index in [2.05, 4.69) is 15.5 Å². The predicted octanol–water partition coefficient (Wildman–Crippen LogP) is 0.802. The Morgan fingerprint density at radius 1 is 1.44 bits per heavy atom. The normalized spacial score (nSPS) is 23.4. The fourth-order valence-electron chi connectivity index (χ4n) is 2.22. The number of benzene rings is 1. The molecule has 6 heteroatoms. The standard InChI is InChI=1S/C12H13FN4O/c13-8-2-1-3-9(4-8)17-7-15-16-12(17)11-5-10(18)6-14-11/h1-4,7,10-11,14,18H,5-6H2. The molecule has 1 aliphatic heterocycles. The Morgan fingerprint density at radius 2 is 2.33 bits per heavy atom. The first-order chi connectivity index (χ1) is 8.74. The number of nitrogens with one attached hydrogen (secondary N) is 1. The molecule has 2 aromatic rings. The quantitative estimate of drug-likeness (QED) is 0.825. The van der Waals surface area contributed by atoms with E-state index in [1.807, 2.05) is 0 Å². The first kappa shape index (κ1) is 11.3. The molecule has 2 N–H and O–H groups in total. The summed E-state index contributed by atoms with van der Waals surface area (Å²) in [6.07, 6.45) is 1.78. The van der Waals surface area contributed by atoms with E-state index in [4.69, 9.17) is 0 Å². The van der Waals surface area contributed by atoms with Gasteiger partial charge in [-0.3, -0.25) is 4.57 Å².